The summed E-state index contributed by atoms with van der Waals surface area (Å²) < 4.78 is 2.69. The van der Waals surface area contributed by atoms with Crippen LogP contribution < -0.4 is 11.1 Å². The zero-order valence-corrected chi connectivity index (χ0v) is 13.4. The molecule has 1 amide bonds. The molecule has 25 heavy (non-hydrogen) atoms. The van der Waals surface area contributed by atoms with E-state index in [9.17, 15) is 9.59 Å². The number of nitrogen functional groups attached to an aromatic ring is 1. The Balaban J connectivity index is 1.46. The van der Waals surface area contributed by atoms with E-state index < -0.39 is 0 Å². The molecule has 1 aliphatic carbocycles. The smallest absolute Gasteiger partial charge is 0.269 e. The van der Waals surface area contributed by atoms with Crippen LogP contribution in [0.2, 0.25) is 0 Å². The maximum absolute atomic E-state index is 12.5. The summed E-state index contributed by atoms with van der Waals surface area (Å²) in [6.45, 7) is -0.0343. The van der Waals surface area contributed by atoms with E-state index in [1.807, 2.05) is 0 Å². The molecule has 2 heterocycles. The molecule has 0 unspecified atom stereocenters. The number of carbonyl (C=O) groups is 2. The van der Waals surface area contributed by atoms with Crippen LogP contribution in [0.5, 0.6) is 0 Å². The molecule has 3 N–H and O–H groups in total. The van der Waals surface area contributed by atoms with Crippen LogP contribution in [0.1, 0.15) is 24.1 Å². The molecule has 0 saturated heterocycles. The van der Waals surface area contributed by atoms with Crippen LogP contribution in [0.3, 0.4) is 0 Å². The van der Waals surface area contributed by atoms with Gasteiger partial charge in [0.05, 0.1) is 17.9 Å². The summed E-state index contributed by atoms with van der Waals surface area (Å²) >= 11 is 0. The topological polar surface area (TPSA) is 121 Å². The molecular weight excluding hydrogens is 322 g/mol. The lowest BCUT2D eigenvalue weighted by Gasteiger charge is -2.23. The van der Waals surface area contributed by atoms with Gasteiger partial charge in [0.2, 0.25) is 5.91 Å². The molecule has 1 fully saturated rings. The van der Waals surface area contributed by atoms with Gasteiger partial charge in [-0.3, -0.25) is 9.59 Å². The highest BCUT2D eigenvalue weighted by Gasteiger charge is 2.25. The van der Waals surface area contributed by atoms with E-state index in [1.165, 1.54) is 15.6 Å². The third kappa shape index (κ3) is 2.95. The SMILES string of the molecule is Nc1ccc2c(cnn2C(=O)Cn2cc(NC(=O)C3CCC3)nn2)c1. The minimum Gasteiger partial charge on any atom is -0.399 e. The highest BCUT2D eigenvalue weighted by atomic mass is 16.2. The van der Waals surface area contributed by atoms with Crippen molar-refractivity contribution in [2.75, 3.05) is 11.1 Å². The normalized spacial score (nSPS) is 14.4. The van der Waals surface area contributed by atoms with Gasteiger partial charge in [-0.25, -0.2) is 4.68 Å². The van der Waals surface area contributed by atoms with Crippen molar-refractivity contribution in [1.29, 1.82) is 0 Å². The highest BCUT2D eigenvalue weighted by Crippen LogP contribution is 2.27. The number of hydrogen-bond acceptors (Lipinski definition) is 6. The zero-order chi connectivity index (χ0) is 17.4. The average Bonchev–Trinajstić information content (AvgIpc) is 3.11. The summed E-state index contributed by atoms with van der Waals surface area (Å²) in [5, 5.41) is 15.4. The van der Waals surface area contributed by atoms with Crippen molar-refractivity contribution in [1.82, 2.24) is 24.8 Å². The van der Waals surface area contributed by atoms with Gasteiger partial charge in [-0.1, -0.05) is 11.6 Å². The number of anilines is 2. The Labute approximate surface area is 142 Å². The first-order chi connectivity index (χ1) is 12.1. The van der Waals surface area contributed by atoms with Crippen molar-refractivity contribution in [3.05, 3.63) is 30.6 Å². The predicted octanol–water partition coefficient (Wildman–Crippen LogP) is 1.29. The fourth-order valence-electron chi connectivity index (χ4n) is 2.79. The summed E-state index contributed by atoms with van der Waals surface area (Å²) in [4.78, 5) is 24.4. The molecule has 9 heteroatoms. The fourth-order valence-corrected chi connectivity index (χ4v) is 2.79. The van der Waals surface area contributed by atoms with E-state index in [0.29, 0.717) is 17.0 Å². The quantitative estimate of drug-likeness (QED) is 0.691. The van der Waals surface area contributed by atoms with E-state index in [2.05, 4.69) is 20.7 Å². The minimum atomic E-state index is -0.262. The largest absolute Gasteiger partial charge is 0.399 e. The van der Waals surface area contributed by atoms with E-state index in [4.69, 9.17) is 5.73 Å². The lowest BCUT2D eigenvalue weighted by molar-refractivity contribution is -0.122. The van der Waals surface area contributed by atoms with Crippen LogP contribution in [0.15, 0.2) is 30.6 Å². The van der Waals surface area contributed by atoms with Gasteiger partial charge in [0.15, 0.2) is 5.82 Å². The first kappa shape index (κ1) is 15.3. The van der Waals surface area contributed by atoms with Gasteiger partial charge in [0, 0.05) is 17.0 Å². The van der Waals surface area contributed by atoms with Gasteiger partial charge in [-0.15, -0.1) is 5.10 Å². The first-order valence-corrected chi connectivity index (χ1v) is 8.07. The number of amides is 1. The van der Waals surface area contributed by atoms with Crippen LogP contribution in [-0.4, -0.2) is 36.6 Å². The molecule has 9 nitrogen and oxygen atoms in total. The second-order valence-electron chi connectivity index (χ2n) is 6.19. The zero-order valence-electron chi connectivity index (χ0n) is 13.4. The third-order valence-electron chi connectivity index (χ3n) is 4.39. The Morgan fingerprint density at radius 3 is 2.92 bits per heavy atom. The van der Waals surface area contributed by atoms with Gasteiger partial charge in [-0.2, -0.15) is 9.78 Å². The van der Waals surface area contributed by atoms with Crippen molar-refractivity contribution in [3.8, 4) is 0 Å². The molecule has 0 bridgehead atoms. The number of benzene rings is 1. The second kappa shape index (κ2) is 6.00. The maximum atomic E-state index is 12.5. The Morgan fingerprint density at radius 1 is 1.32 bits per heavy atom. The van der Waals surface area contributed by atoms with Crippen LogP contribution in [0.4, 0.5) is 11.5 Å². The molecule has 1 aliphatic rings. The van der Waals surface area contributed by atoms with Crippen molar-refractivity contribution in [2.24, 2.45) is 5.92 Å². The van der Waals surface area contributed by atoms with E-state index >= 15 is 0 Å². The van der Waals surface area contributed by atoms with E-state index in [0.717, 1.165) is 24.6 Å². The molecule has 0 atom stereocenters. The lowest BCUT2D eigenvalue weighted by atomic mass is 9.85. The summed E-state index contributed by atoms with van der Waals surface area (Å²) in [6, 6.07) is 5.23. The molecule has 1 saturated carbocycles. The number of nitrogens with two attached hydrogens (primary N) is 1. The summed E-state index contributed by atoms with van der Waals surface area (Å²) in [5.74, 6) is 0.110. The highest BCUT2D eigenvalue weighted by molar-refractivity contribution is 5.93. The number of aromatic nitrogens is 5. The molecule has 2 aromatic heterocycles. The molecule has 0 aliphatic heterocycles. The molecule has 1 aromatic carbocycles. The van der Waals surface area contributed by atoms with Crippen LogP contribution >= 0.6 is 0 Å². The summed E-state index contributed by atoms with van der Waals surface area (Å²) in [5.41, 5.74) is 7.02. The van der Waals surface area contributed by atoms with Gasteiger partial charge in [-0.05, 0) is 31.0 Å². The molecule has 0 spiro atoms. The standard InChI is InChI=1S/C16H17N7O2/c17-12-4-5-13-11(6-12)7-18-23(13)15(24)9-22-8-14(20-21-22)19-16(25)10-2-1-3-10/h4-8,10H,1-3,9,17H2,(H,19,25). The molecule has 4 rings (SSSR count). The number of carbonyl (C=O) groups excluding carboxylic acids is 2. The minimum absolute atomic E-state index is 0.0343. The van der Waals surface area contributed by atoms with Crippen LogP contribution in [0.25, 0.3) is 10.9 Å². The molecule has 3 aromatic rings. The second-order valence-corrected chi connectivity index (χ2v) is 6.19. The lowest BCUT2D eigenvalue weighted by Crippen LogP contribution is -2.28. The van der Waals surface area contributed by atoms with Crippen LogP contribution in [0, 0.1) is 5.92 Å². The van der Waals surface area contributed by atoms with Crippen molar-refractivity contribution < 1.29 is 9.59 Å². The average molecular weight is 339 g/mol. The van der Waals surface area contributed by atoms with Crippen LogP contribution in [-0.2, 0) is 11.3 Å². The monoisotopic (exact) mass is 339 g/mol. The summed E-state index contributed by atoms with van der Waals surface area (Å²) in [6.07, 6.45) is 6.04. The first-order valence-electron chi connectivity index (χ1n) is 8.07. The number of nitrogens with one attached hydrogen (secondary N) is 1. The van der Waals surface area contributed by atoms with E-state index in [-0.39, 0.29) is 24.3 Å². The third-order valence-corrected chi connectivity index (χ3v) is 4.39. The van der Waals surface area contributed by atoms with Gasteiger partial charge in [0.1, 0.15) is 6.54 Å². The Hall–Kier alpha value is -3.23. The molecular formula is C16H17N7O2. The number of fused-ring (bicyclic) bond motifs is 1. The Kier molecular flexibility index (Phi) is 3.68. The Morgan fingerprint density at radius 2 is 2.16 bits per heavy atom. The molecule has 128 valence electrons. The van der Waals surface area contributed by atoms with E-state index in [1.54, 1.807) is 24.4 Å². The Bertz CT molecular complexity index is 954. The number of nitrogens with zero attached hydrogens (tertiary/aromatic N) is 5. The van der Waals surface area contributed by atoms with Crippen molar-refractivity contribution in [3.63, 3.8) is 0 Å². The van der Waals surface area contributed by atoms with Gasteiger partial charge >= 0.3 is 0 Å². The number of hydrogen-bond donors (Lipinski definition) is 2. The van der Waals surface area contributed by atoms with Crippen molar-refractivity contribution >= 4 is 34.2 Å². The van der Waals surface area contributed by atoms with Gasteiger partial charge < -0.3 is 11.1 Å². The fraction of sp³-hybridized carbons (Fsp3) is 0.312. The molecule has 0 radical (unpaired) electrons. The summed E-state index contributed by atoms with van der Waals surface area (Å²) in [7, 11) is 0. The van der Waals surface area contributed by atoms with Crippen molar-refractivity contribution in [2.45, 2.75) is 25.8 Å². The predicted molar refractivity (Wildman–Crippen MR) is 90.8 cm³/mol. The number of rotatable bonds is 4. The maximum Gasteiger partial charge on any atom is 0.269 e. The van der Waals surface area contributed by atoms with Gasteiger partial charge in [0.25, 0.3) is 5.91 Å².